The summed E-state index contributed by atoms with van der Waals surface area (Å²) in [4.78, 5) is 0. The van der Waals surface area contributed by atoms with Crippen molar-refractivity contribution in [2.45, 2.75) is 89.0 Å². The zero-order valence-corrected chi connectivity index (χ0v) is 14.5. The minimum absolute atomic E-state index is 0.236. The smallest absolute Gasteiger partial charge is 0.295 e. The lowest BCUT2D eigenvalue weighted by atomic mass is 10.0. The summed E-state index contributed by atoms with van der Waals surface area (Å²) >= 11 is 0. The van der Waals surface area contributed by atoms with Crippen LogP contribution in [0.3, 0.4) is 0 Å². The van der Waals surface area contributed by atoms with Gasteiger partial charge in [0, 0.05) is 0 Å². The maximum absolute atomic E-state index is 13.0. The summed E-state index contributed by atoms with van der Waals surface area (Å²) in [6.07, 6.45) is -13.1. The lowest BCUT2D eigenvalue weighted by molar-refractivity contribution is -0.211. The van der Waals surface area contributed by atoms with Gasteiger partial charge in [-0.15, -0.1) is 0 Å². The van der Waals surface area contributed by atoms with Gasteiger partial charge < -0.3 is 0 Å². The number of halogens is 6. The Balaban J connectivity index is 3.08. The van der Waals surface area contributed by atoms with Crippen molar-refractivity contribution in [3.05, 3.63) is 0 Å². The Morgan fingerprint density at radius 3 is 1.54 bits per heavy atom. The van der Waals surface area contributed by atoms with Gasteiger partial charge in [0.05, 0.1) is 5.66 Å². The fourth-order valence-corrected chi connectivity index (χ4v) is 5.32. The molecule has 24 heavy (non-hydrogen) atoms. The quantitative estimate of drug-likeness (QED) is 0.386. The van der Waals surface area contributed by atoms with Crippen LogP contribution in [0.2, 0.25) is 0 Å². The molecule has 1 aliphatic rings. The summed E-state index contributed by atoms with van der Waals surface area (Å²) in [5.74, 6) is 0. The molecule has 0 spiro atoms. The second-order valence-corrected chi connectivity index (χ2v) is 8.15. The van der Waals surface area contributed by atoms with E-state index in [-0.39, 0.29) is 12.8 Å². The molecule has 1 rings (SSSR count). The molecule has 0 aliphatic heterocycles. The first-order valence-electron chi connectivity index (χ1n) is 8.04. The fraction of sp³-hybridized carbons (Fsp3) is 1.00. The van der Waals surface area contributed by atoms with Crippen LogP contribution >= 0.6 is 7.60 Å². The van der Waals surface area contributed by atoms with E-state index >= 15 is 0 Å². The van der Waals surface area contributed by atoms with Crippen LogP contribution in [0.5, 0.6) is 0 Å². The van der Waals surface area contributed by atoms with Crippen LogP contribution in [-0.4, -0.2) is 30.2 Å². The van der Waals surface area contributed by atoms with Crippen molar-refractivity contribution in [1.82, 2.24) is 0 Å². The summed E-state index contributed by atoms with van der Waals surface area (Å²) in [7, 11) is -4.57. The van der Waals surface area contributed by atoms with Crippen LogP contribution < -0.4 is 0 Å². The predicted molar refractivity (Wildman–Crippen MR) is 76.9 cm³/mol. The van der Waals surface area contributed by atoms with Crippen molar-refractivity contribution < 1.29 is 40.0 Å². The maximum atomic E-state index is 13.0. The Labute approximate surface area is 137 Å². The summed E-state index contributed by atoms with van der Waals surface area (Å²) in [5, 5.41) is 0. The standard InChI is InChI=1S/C14H23F6O3P/c1-3-11(13(15,16)17)22-24(21,10-8-6-5-7-9-10)23-12(4-2)14(18,19)20/h10-12H,3-9H2,1-2H3. The molecule has 0 saturated heterocycles. The second kappa shape index (κ2) is 8.41. The van der Waals surface area contributed by atoms with Gasteiger partial charge in [-0.2, -0.15) is 26.3 Å². The number of hydrogen-bond donors (Lipinski definition) is 0. The van der Waals surface area contributed by atoms with Gasteiger partial charge >= 0.3 is 19.9 Å². The number of hydrogen-bond acceptors (Lipinski definition) is 3. The Morgan fingerprint density at radius 1 is 0.875 bits per heavy atom. The monoisotopic (exact) mass is 384 g/mol. The third kappa shape index (κ3) is 5.92. The van der Waals surface area contributed by atoms with E-state index in [1.54, 1.807) is 0 Å². The molecule has 0 bridgehead atoms. The SMILES string of the molecule is CCC(OP(=O)(OC(CC)C(F)(F)F)C1CCCCC1)C(F)(F)F. The topological polar surface area (TPSA) is 35.5 Å². The predicted octanol–water partition coefficient (Wildman–Crippen LogP) is 6.23. The molecule has 2 unspecified atom stereocenters. The van der Waals surface area contributed by atoms with Gasteiger partial charge in [0.15, 0.2) is 12.2 Å². The normalized spacial score (nSPS) is 22.8. The maximum Gasteiger partial charge on any atom is 0.415 e. The lowest BCUT2D eigenvalue weighted by Crippen LogP contribution is -2.36. The molecule has 2 atom stereocenters. The van der Waals surface area contributed by atoms with E-state index in [9.17, 15) is 30.9 Å². The van der Waals surface area contributed by atoms with Crippen molar-refractivity contribution >= 4 is 7.60 Å². The van der Waals surface area contributed by atoms with Crippen LogP contribution in [0.4, 0.5) is 26.3 Å². The highest BCUT2D eigenvalue weighted by atomic mass is 31.2. The molecule has 1 aliphatic carbocycles. The summed E-state index contributed by atoms with van der Waals surface area (Å²) in [6, 6.07) is 0. The molecule has 0 heterocycles. The minimum atomic E-state index is -4.82. The van der Waals surface area contributed by atoms with Crippen LogP contribution in [0.1, 0.15) is 58.8 Å². The molecule has 0 N–H and O–H groups in total. The van der Waals surface area contributed by atoms with Crippen LogP contribution in [-0.2, 0) is 13.6 Å². The van der Waals surface area contributed by atoms with Crippen molar-refractivity contribution in [1.29, 1.82) is 0 Å². The second-order valence-electron chi connectivity index (χ2n) is 5.92. The summed E-state index contributed by atoms with van der Waals surface area (Å²) in [6.45, 7) is 2.34. The van der Waals surface area contributed by atoms with Crippen molar-refractivity contribution in [3.63, 3.8) is 0 Å². The lowest BCUT2D eigenvalue weighted by Gasteiger charge is -2.35. The highest BCUT2D eigenvalue weighted by Gasteiger charge is 2.51. The molecular formula is C14H23F6O3P. The average molecular weight is 384 g/mol. The molecule has 0 aromatic rings. The molecule has 10 heteroatoms. The van der Waals surface area contributed by atoms with Gasteiger partial charge in [0.2, 0.25) is 0 Å². The Hall–Kier alpha value is -0.270. The Kier molecular flexibility index (Phi) is 7.63. The van der Waals surface area contributed by atoms with Gasteiger partial charge in [0.25, 0.3) is 0 Å². The van der Waals surface area contributed by atoms with E-state index in [0.29, 0.717) is 12.8 Å². The zero-order valence-electron chi connectivity index (χ0n) is 13.6. The summed E-state index contributed by atoms with van der Waals surface area (Å²) in [5.41, 5.74) is -0.931. The van der Waals surface area contributed by atoms with Gasteiger partial charge in [-0.25, -0.2) is 0 Å². The first-order valence-corrected chi connectivity index (χ1v) is 9.65. The van der Waals surface area contributed by atoms with Crippen molar-refractivity contribution in [2.75, 3.05) is 0 Å². The highest BCUT2D eigenvalue weighted by Crippen LogP contribution is 2.61. The highest BCUT2D eigenvalue weighted by molar-refractivity contribution is 7.54. The van der Waals surface area contributed by atoms with E-state index < -0.39 is 50.7 Å². The van der Waals surface area contributed by atoms with Gasteiger partial charge in [-0.1, -0.05) is 33.1 Å². The van der Waals surface area contributed by atoms with Crippen molar-refractivity contribution in [2.24, 2.45) is 0 Å². The van der Waals surface area contributed by atoms with Gasteiger partial charge in [-0.3, -0.25) is 13.6 Å². The van der Waals surface area contributed by atoms with Gasteiger partial charge in [-0.05, 0) is 25.7 Å². The third-order valence-electron chi connectivity index (χ3n) is 4.04. The van der Waals surface area contributed by atoms with E-state index in [2.05, 4.69) is 0 Å². The first-order chi connectivity index (χ1) is 10.9. The fourth-order valence-electron chi connectivity index (χ4n) is 2.68. The molecule has 0 aromatic heterocycles. The van der Waals surface area contributed by atoms with Crippen LogP contribution in [0.15, 0.2) is 0 Å². The molecular weight excluding hydrogens is 361 g/mol. The summed E-state index contributed by atoms with van der Waals surface area (Å²) < 4.78 is 100. The van der Waals surface area contributed by atoms with E-state index in [4.69, 9.17) is 9.05 Å². The van der Waals surface area contributed by atoms with E-state index in [1.807, 2.05) is 0 Å². The average Bonchev–Trinajstić information content (AvgIpc) is 2.49. The first kappa shape index (κ1) is 21.8. The third-order valence-corrected chi connectivity index (χ3v) is 6.55. The molecule has 1 saturated carbocycles. The number of alkyl halides is 6. The zero-order chi connectivity index (χ0) is 18.6. The van der Waals surface area contributed by atoms with Gasteiger partial charge in [0.1, 0.15) is 0 Å². The minimum Gasteiger partial charge on any atom is -0.295 e. The molecule has 0 aromatic carbocycles. The van der Waals surface area contributed by atoms with Crippen LogP contribution in [0.25, 0.3) is 0 Å². The molecule has 3 nitrogen and oxygen atoms in total. The Morgan fingerprint density at radius 2 is 1.25 bits per heavy atom. The molecule has 144 valence electrons. The van der Waals surface area contributed by atoms with E-state index in [0.717, 1.165) is 6.42 Å². The largest absolute Gasteiger partial charge is 0.415 e. The molecule has 1 fully saturated rings. The van der Waals surface area contributed by atoms with Crippen molar-refractivity contribution in [3.8, 4) is 0 Å². The molecule has 0 radical (unpaired) electrons. The van der Waals surface area contributed by atoms with Crippen LogP contribution in [0, 0.1) is 0 Å². The van der Waals surface area contributed by atoms with E-state index in [1.165, 1.54) is 13.8 Å². The Bertz CT molecular complexity index is 403. The molecule has 0 amide bonds. The number of rotatable bonds is 7.